The van der Waals surface area contributed by atoms with E-state index in [1.807, 2.05) is 19.1 Å². The number of pyridine rings is 1. The minimum absolute atomic E-state index is 0.0212. The molecule has 7 nitrogen and oxygen atoms in total. The maximum Gasteiger partial charge on any atom is 0.262 e. The van der Waals surface area contributed by atoms with Crippen molar-refractivity contribution in [1.82, 2.24) is 15.6 Å². The van der Waals surface area contributed by atoms with Crippen molar-refractivity contribution in [1.29, 1.82) is 0 Å². The van der Waals surface area contributed by atoms with Gasteiger partial charge in [0, 0.05) is 36.7 Å². The molecule has 1 aliphatic heterocycles. The summed E-state index contributed by atoms with van der Waals surface area (Å²) in [5.74, 6) is -0.348. The zero-order valence-corrected chi connectivity index (χ0v) is 19.0. The second-order valence-electron chi connectivity index (χ2n) is 8.09. The van der Waals surface area contributed by atoms with E-state index in [1.165, 1.54) is 11.3 Å². The van der Waals surface area contributed by atoms with E-state index < -0.39 is 6.04 Å². The highest BCUT2D eigenvalue weighted by Crippen LogP contribution is 2.23. The molecule has 4 rings (SSSR count). The van der Waals surface area contributed by atoms with Crippen molar-refractivity contribution in [2.45, 2.75) is 63.8 Å². The average molecular weight is 463 g/mol. The summed E-state index contributed by atoms with van der Waals surface area (Å²) in [6.45, 7) is 3.19. The number of hydrogen-bond donors (Lipinski definition) is 3. The monoisotopic (exact) mass is 462 g/mol. The van der Waals surface area contributed by atoms with Gasteiger partial charge in [0.05, 0.1) is 27.4 Å². The molecule has 0 bridgehead atoms. The van der Waals surface area contributed by atoms with Gasteiger partial charge in [-0.15, -0.1) is 11.3 Å². The molecule has 0 spiro atoms. The zero-order chi connectivity index (χ0) is 21.8. The van der Waals surface area contributed by atoms with E-state index in [0.717, 1.165) is 48.5 Å². The van der Waals surface area contributed by atoms with Crippen LogP contribution in [0.3, 0.4) is 0 Å². The van der Waals surface area contributed by atoms with Gasteiger partial charge in [0.1, 0.15) is 6.04 Å². The summed E-state index contributed by atoms with van der Waals surface area (Å²) in [5.41, 5.74) is 1.72. The Bertz CT molecular complexity index is 941. The van der Waals surface area contributed by atoms with Gasteiger partial charge in [-0.25, -0.2) is 0 Å². The first-order valence-electron chi connectivity index (χ1n) is 10.7. The van der Waals surface area contributed by atoms with Crippen LogP contribution in [0.25, 0.3) is 0 Å². The van der Waals surface area contributed by atoms with Gasteiger partial charge in [-0.3, -0.25) is 14.6 Å². The Labute approximate surface area is 190 Å². The minimum Gasteiger partial charge on any atom is -0.379 e. The number of ether oxygens (including phenoxy) is 1. The van der Waals surface area contributed by atoms with Crippen molar-refractivity contribution in [3.63, 3.8) is 0 Å². The summed E-state index contributed by atoms with van der Waals surface area (Å²) < 4.78 is 5.69. The lowest BCUT2D eigenvalue weighted by atomic mass is 10.1. The van der Waals surface area contributed by atoms with Gasteiger partial charge in [-0.2, -0.15) is 0 Å². The zero-order valence-electron chi connectivity index (χ0n) is 17.4. The van der Waals surface area contributed by atoms with E-state index in [4.69, 9.17) is 16.3 Å². The standard InChI is InChI=1S/C22H27ClN4O3S/c1-13-18(9-14(23)11-24-13)25-12-17-6-7-20(31-17)22(29)27-19(10-16-3-2-8-30-16)21(28)26-15-4-5-15/h6-7,9,11,15-16,19,25H,2-5,8,10,12H2,1H3,(H,26,28)(H,27,29). The summed E-state index contributed by atoms with van der Waals surface area (Å²) in [6, 6.07) is 5.21. The Morgan fingerprint density at radius 3 is 2.90 bits per heavy atom. The normalized spacial score (nSPS) is 19.1. The van der Waals surface area contributed by atoms with Crippen LogP contribution >= 0.6 is 22.9 Å². The first-order valence-corrected chi connectivity index (χ1v) is 11.8. The van der Waals surface area contributed by atoms with Gasteiger partial charge in [0.25, 0.3) is 5.91 Å². The largest absolute Gasteiger partial charge is 0.379 e. The van der Waals surface area contributed by atoms with Gasteiger partial charge in [0.15, 0.2) is 0 Å². The molecule has 3 N–H and O–H groups in total. The number of aryl methyl sites for hydroxylation is 1. The molecule has 3 heterocycles. The quantitative estimate of drug-likeness (QED) is 0.528. The highest BCUT2D eigenvalue weighted by atomic mass is 35.5. The van der Waals surface area contributed by atoms with Crippen molar-refractivity contribution in [2.75, 3.05) is 11.9 Å². The highest BCUT2D eigenvalue weighted by molar-refractivity contribution is 7.14. The Balaban J connectivity index is 1.36. The van der Waals surface area contributed by atoms with Gasteiger partial charge in [0.2, 0.25) is 5.91 Å². The van der Waals surface area contributed by atoms with Crippen molar-refractivity contribution in [3.05, 3.63) is 44.9 Å². The summed E-state index contributed by atoms with van der Waals surface area (Å²) in [5, 5.41) is 9.81. The minimum atomic E-state index is -0.583. The van der Waals surface area contributed by atoms with Crippen LogP contribution < -0.4 is 16.0 Å². The number of thiophene rings is 1. The molecule has 2 unspecified atom stereocenters. The summed E-state index contributed by atoms with van der Waals surface area (Å²) >= 11 is 7.42. The van der Waals surface area contributed by atoms with Gasteiger partial charge in [-0.05, 0) is 50.8 Å². The van der Waals surface area contributed by atoms with Crippen molar-refractivity contribution < 1.29 is 14.3 Å². The third-order valence-electron chi connectivity index (χ3n) is 5.46. The number of rotatable bonds is 9. The molecule has 2 aliphatic rings. The molecule has 2 fully saturated rings. The van der Waals surface area contributed by atoms with Crippen molar-refractivity contribution in [3.8, 4) is 0 Å². The van der Waals surface area contributed by atoms with Crippen molar-refractivity contribution in [2.24, 2.45) is 0 Å². The predicted molar refractivity (Wildman–Crippen MR) is 122 cm³/mol. The molecule has 0 radical (unpaired) electrons. The molecule has 166 valence electrons. The lowest BCUT2D eigenvalue weighted by Crippen LogP contribution is -2.48. The number of amides is 2. The summed E-state index contributed by atoms with van der Waals surface area (Å²) in [7, 11) is 0. The fourth-order valence-corrected chi connectivity index (χ4v) is 4.56. The Kier molecular flexibility index (Phi) is 7.09. The Hall–Kier alpha value is -2.16. The Morgan fingerprint density at radius 1 is 1.32 bits per heavy atom. The number of nitrogens with zero attached hydrogens (tertiary/aromatic N) is 1. The van der Waals surface area contributed by atoms with E-state index in [-0.39, 0.29) is 24.0 Å². The van der Waals surface area contributed by atoms with Crippen LogP contribution in [-0.4, -0.2) is 41.6 Å². The van der Waals surface area contributed by atoms with Gasteiger partial charge >= 0.3 is 0 Å². The molecule has 0 aromatic carbocycles. The molecule has 2 aromatic heterocycles. The topological polar surface area (TPSA) is 92.3 Å². The maximum absolute atomic E-state index is 12.9. The fourth-order valence-electron chi connectivity index (χ4n) is 3.55. The summed E-state index contributed by atoms with van der Waals surface area (Å²) in [6.07, 6.45) is 6.08. The third-order valence-corrected chi connectivity index (χ3v) is 6.75. The van der Waals surface area contributed by atoms with Crippen LogP contribution in [0, 0.1) is 6.92 Å². The van der Waals surface area contributed by atoms with E-state index >= 15 is 0 Å². The van der Waals surface area contributed by atoms with Crippen LogP contribution in [-0.2, 0) is 16.1 Å². The second kappa shape index (κ2) is 9.97. The van der Waals surface area contributed by atoms with Crippen LogP contribution in [0.4, 0.5) is 5.69 Å². The van der Waals surface area contributed by atoms with Crippen molar-refractivity contribution >= 4 is 40.4 Å². The van der Waals surface area contributed by atoms with Crippen LogP contribution in [0.15, 0.2) is 24.4 Å². The number of nitrogens with one attached hydrogen (secondary N) is 3. The van der Waals surface area contributed by atoms with Gasteiger partial charge in [-0.1, -0.05) is 11.6 Å². The van der Waals surface area contributed by atoms with E-state index in [9.17, 15) is 9.59 Å². The van der Waals surface area contributed by atoms with E-state index in [0.29, 0.717) is 22.9 Å². The first-order chi connectivity index (χ1) is 15.0. The van der Waals surface area contributed by atoms with Crippen LogP contribution in [0.2, 0.25) is 5.02 Å². The van der Waals surface area contributed by atoms with Crippen LogP contribution in [0.5, 0.6) is 0 Å². The number of carbonyl (C=O) groups excluding carboxylic acids is 2. The highest BCUT2D eigenvalue weighted by Gasteiger charge is 2.31. The molecule has 2 atom stereocenters. The number of hydrogen-bond acceptors (Lipinski definition) is 6. The van der Waals surface area contributed by atoms with Crippen LogP contribution in [0.1, 0.15) is 52.3 Å². The van der Waals surface area contributed by atoms with Gasteiger partial charge < -0.3 is 20.7 Å². The number of anilines is 1. The Morgan fingerprint density at radius 2 is 2.16 bits per heavy atom. The average Bonchev–Trinajstić information content (AvgIpc) is 3.21. The second-order valence-corrected chi connectivity index (χ2v) is 9.69. The lowest BCUT2D eigenvalue weighted by Gasteiger charge is -2.21. The summed E-state index contributed by atoms with van der Waals surface area (Å²) in [4.78, 5) is 31.3. The molecule has 31 heavy (non-hydrogen) atoms. The molecule has 9 heteroatoms. The first kappa shape index (κ1) is 22.0. The van der Waals surface area contributed by atoms with E-state index in [1.54, 1.807) is 12.3 Å². The molecule has 1 saturated carbocycles. The third kappa shape index (κ3) is 6.18. The lowest BCUT2D eigenvalue weighted by molar-refractivity contribution is -0.124. The smallest absolute Gasteiger partial charge is 0.262 e. The molecule has 2 amide bonds. The number of aromatic nitrogens is 1. The number of halogens is 1. The molecule has 2 aromatic rings. The fraction of sp³-hybridized carbons (Fsp3) is 0.500. The predicted octanol–water partition coefficient (Wildman–Crippen LogP) is 3.66. The molecular weight excluding hydrogens is 436 g/mol. The van der Waals surface area contributed by atoms with E-state index in [2.05, 4.69) is 20.9 Å². The number of carbonyl (C=O) groups is 2. The SMILES string of the molecule is Cc1ncc(Cl)cc1NCc1ccc(C(=O)NC(CC2CCCO2)C(=O)NC2CC2)s1. The molecular formula is C22H27ClN4O3S. The molecule has 1 aliphatic carbocycles. The maximum atomic E-state index is 12.9. The molecule has 1 saturated heterocycles.